The lowest BCUT2D eigenvalue weighted by Gasteiger charge is -2.40. The van der Waals surface area contributed by atoms with Crippen molar-refractivity contribution in [3.05, 3.63) is 208 Å². The molecular weight excluding hydrogens is 1660 g/mol. The molecule has 0 amide bonds. The largest absolute Gasteiger partial charge is 0.397 e. The van der Waals surface area contributed by atoms with E-state index >= 15 is 0 Å². The highest BCUT2D eigenvalue weighted by atomic mass is 35.5. The van der Waals surface area contributed by atoms with Gasteiger partial charge in [0.1, 0.15) is 43.9 Å². The molecule has 0 bridgehead atoms. The molecule has 8 aromatic carbocycles. The quantitative estimate of drug-likeness (QED) is 0.0382. The van der Waals surface area contributed by atoms with Crippen LogP contribution in [0.4, 0.5) is 86.6 Å². The Bertz CT molecular complexity index is 6270. The molecule has 0 radical (unpaired) electrons. The SMILES string of the molecule is CS(=O)(=O)O.CS(=O)(=O)O.Nc1c(S(=O)(=O)O)cc(Nc2ccc(Nc3nc(Cl)nc(Nc4ccccc4)n3)c(S(=O)(=O)O)c2)c2c1C(=O)c1ccccc1C2=O.Nc1c(S(=O)(=O)O)cc(Nc2ccc(Nc3nc(Nc4ccccc4)nc(NC4C(O)OC(CO)C(O)C4O)n3)c(S(=O)(=O)O)c2)c2c1C(=O)c1ccccc1C2=O. The number of aromatic nitrogens is 6. The molecule has 21 N–H and O–H groups in total. The van der Waals surface area contributed by atoms with Crippen LogP contribution in [-0.2, 0) is 65.4 Å². The molecule has 5 atom stereocenters. The number of ketones is 4. The van der Waals surface area contributed by atoms with Gasteiger partial charge in [0.15, 0.2) is 29.4 Å². The van der Waals surface area contributed by atoms with Crippen LogP contribution in [0.1, 0.15) is 63.7 Å². The Hall–Kier alpha value is -11.8. The summed E-state index contributed by atoms with van der Waals surface area (Å²) in [5.74, 6) is -4.05. The number of anilines is 15. The molecule has 49 heteroatoms. The van der Waals surface area contributed by atoms with E-state index in [0.717, 1.165) is 30.3 Å². The minimum atomic E-state index is -5.12. The van der Waals surface area contributed by atoms with Crippen LogP contribution < -0.4 is 48.7 Å². The summed E-state index contributed by atoms with van der Waals surface area (Å²) < 4.78 is 197. The molecule has 3 heterocycles. The Labute approximate surface area is 655 Å². The van der Waals surface area contributed by atoms with Crippen molar-refractivity contribution in [3.8, 4) is 0 Å². The number of fused-ring (bicyclic) bond motifs is 4. The zero-order valence-electron chi connectivity index (χ0n) is 58.2. The highest BCUT2D eigenvalue weighted by Gasteiger charge is 2.45. The lowest BCUT2D eigenvalue weighted by atomic mass is 9.82. The van der Waals surface area contributed by atoms with E-state index in [2.05, 4.69) is 67.1 Å². The van der Waals surface area contributed by atoms with Gasteiger partial charge in [-0.3, -0.25) is 46.5 Å². The second kappa shape index (κ2) is 33.7. The Morgan fingerprint density at radius 1 is 0.383 bits per heavy atom. The lowest BCUT2D eigenvalue weighted by Crippen LogP contribution is -2.61. The monoisotopic (exact) mass is 1720 g/mol. The third-order valence-corrected chi connectivity index (χ3v) is 19.8. The molecule has 1 saturated heterocycles. The van der Waals surface area contributed by atoms with Crippen molar-refractivity contribution in [2.45, 2.75) is 50.2 Å². The maximum atomic E-state index is 13.7. The second-order valence-corrected chi connectivity index (χ2v) is 33.1. The van der Waals surface area contributed by atoms with E-state index < -0.39 is 163 Å². The number of hydrogen-bond acceptors (Lipinski definition) is 36. The van der Waals surface area contributed by atoms with E-state index in [1.165, 1.54) is 66.7 Å². The van der Waals surface area contributed by atoms with E-state index in [9.17, 15) is 108 Å². The Kier molecular flexibility index (Phi) is 25.1. The summed E-state index contributed by atoms with van der Waals surface area (Å²) in [5, 5.41) is 60.0. The summed E-state index contributed by atoms with van der Waals surface area (Å²) in [7, 11) is -27.5. The molecular formula is C66H60ClN15O27S6. The van der Waals surface area contributed by atoms with Crippen LogP contribution in [0, 0.1) is 0 Å². The fourth-order valence-corrected chi connectivity index (χ4v) is 14.1. The van der Waals surface area contributed by atoms with Crippen molar-refractivity contribution in [2.24, 2.45) is 0 Å². The minimum Gasteiger partial charge on any atom is -0.397 e. The van der Waals surface area contributed by atoms with Gasteiger partial charge >= 0.3 is 0 Å². The molecule has 2 aromatic heterocycles. The zero-order chi connectivity index (χ0) is 84.4. The van der Waals surface area contributed by atoms with E-state index in [0.29, 0.717) is 23.9 Å². The normalized spacial score (nSPS) is 16.5. The number of aliphatic hydroxyl groups is 4. The molecule has 0 saturated carbocycles. The standard InChI is InChI=1S/C35H32N8O13S2.C29H20ClN7O8S2.2CH4O3S/c36-26-23(58(53,54)55)13-20(24-25(26)29(46)18-9-5-4-8-17(18)28(24)45)37-16-10-11-19(22(12-16)57(50,51)52)39-34-41-33(38-15-6-2-1-3-7-15)42-35(43-34)40-27-31(48)30(47)21(14-44)56-32(27)49;30-27-35-28(33-14-6-2-1-3-7-14)37-29(36-27)34-18-11-10-15(12-20(18)46(40,41)42)32-19-13-21(47(43,44)45)24(31)23-22(19)25(38)16-8-4-5-9-17(16)26(23)39;2*1-5(2,3)4/h1-13,21,27,30-32,37,44,47-49H,14,36H2,(H,50,51,52)(H,53,54,55)(H3,38,39,40,41,42,43);1-13,32H,31H2,(H,40,41,42)(H,43,44,45)(H2,33,34,35,36,37);2*1H3,(H,2,3,4). The van der Waals surface area contributed by atoms with Gasteiger partial charge in [-0.1, -0.05) is 84.9 Å². The van der Waals surface area contributed by atoms with Gasteiger partial charge in [-0.2, -0.15) is 80.4 Å². The number of carbonyl (C=O) groups excluding carboxylic acids is 4. The molecule has 1 aliphatic heterocycles. The van der Waals surface area contributed by atoms with E-state index in [4.69, 9.17) is 36.9 Å². The average Bonchev–Trinajstić information content (AvgIpc) is 0.733. The molecule has 3 aliphatic rings. The highest BCUT2D eigenvalue weighted by molar-refractivity contribution is 7.87. The van der Waals surface area contributed by atoms with Crippen molar-refractivity contribution in [2.75, 3.05) is 67.8 Å². The number of nitrogens with two attached hydrogens (primary N) is 2. The van der Waals surface area contributed by atoms with E-state index in [-0.39, 0.29) is 103 Å². The van der Waals surface area contributed by atoms with Gasteiger partial charge < -0.3 is 73.8 Å². The van der Waals surface area contributed by atoms with Crippen molar-refractivity contribution in [3.63, 3.8) is 0 Å². The number of nitrogens with one attached hydrogen (secondary N) is 7. The van der Waals surface area contributed by atoms with Crippen molar-refractivity contribution < 1.29 is 122 Å². The summed E-state index contributed by atoms with van der Waals surface area (Å²) in [6.07, 6.45) is -4.98. The first kappa shape index (κ1) is 85.6. The molecule has 0 spiro atoms. The van der Waals surface area contributed by atoms with Gasteiger partial charge in [0.05, 0.1) is 75.5 Å². The topological polar surface area (TPSA) is 698 Å². The number of rotatable bonds is 19. The number of halogens is 1. The Morgan fingerprint density at radius 2 is 0.696 bits per heavy atom. The first-order chi connectivity index (χ1) is 53.6. The van der Waals surface area contributed by atoms with Gasteiger partial charge in [-0.05, 0) is 84.4 Å². The summed E-state index contributed by atoms with van der Waals surface area (Å²) in [5.41, 5.74) is 8.62. The van der Waals surface area contributed by atoms with Crippen molar-refractivity contribution in [1.82, 2.24) is 29.9 Å². The summed E-state index contributed by atoms with van der Waals surface area (Å²) in [4.78, 5) is 75.8. The minimum absolute atomic E-state index is 0.0161. The smallest absolute Gasteiger partial charge is 0.296 e. The predicted octanol–water partition coefficient (Wildman–Crippen LogP) is 4.78. The van der Waals surface area contributed by atoms with E-state index in [1.807, 2.05) is 0 Å². The molecule has 5 unspecified atom stereocenters. The summed E-state index contributed by atoms with van der Waals surface area (Å²) in [6, 6.07) is 35.8. The number of aliphatic hydroxyl groups excluding tert-OH is 4. The van der Waals surface area contributed by atoms with Crippen molar-refractivity contribution >= 4 is 182 Å². The fourth-order valence-electron chi connectivity index (χ4n) is 11.3. The molecule has 10 aromatic rings. The summed E-state index contributed by atoms with van der Waals surface area (Å²) >= 11 is 6.05. The predicted molar refractivity (Wildman–Crippen MR) is 410 cm³/mol. The maximum absolute atomic E-state index is 13.7. The molecule has 115 heavy (non-hydrogen) atoms. The van der Waals surface area contributed by atoms with Crippen LogP contribution in [0.3, 0.4) is 0 Å². The number of nitrogen functional groups attached to an aromatic ring is 2. The number of ether oxygens (including phenoxy) is 1. The Balaban J connectivity index is 0.000000221. The molecule has 2 aliphatic carbocycles. The molecule has 604 valence electrons. The third kappa shape index (κ3) is 20.8. The third-order valence-electron chi connectivity index (χ3n) is 16.0. The molecule has 1 fully saturated rings. The molecule has 42 nitrogen and oxygen atoms in total. The second-order valence-electron chi connectivity index (χ2n) is 24.3. The Morgan fingerprint density at radius 3 is 1.04 bits per heavy atom. The number of nitrogens with zero attached hydrogens (tertiary/aromatic N) is 6. The van der Waals surface area contributed by atoms with Crippen molar-refractivity contribution in [1.29, 1.82) is 0 Å². The van der Waals surface area contributed by atoms with E-state index in [1.54, 1.807) is 60.7 Å². The van der Waals surface area contributed by atoms with Crippen LogP contribution in [0.5, 0.6) is 0 Å². The highest BCUT2D eigenvalue weighted by Crippen LogP contribution is 2.44. The number of hydrogen-bond donors (Lipinski definition) is 19. The van der Waals surface area contributed by atoms with Crippen LogP contribution in [0.2, 0.25) is 5.28 Å². The van der Waals surface area contributed by atoms with Crippen LogP contribution in [-0.4, -0.2) is 201 Å². The number of para-hydroxylation sites is 2. The zero-order valence-corrected chi connectivity index (χ0v) is 63.8. The lowest BCUT2D eigenvalue weighted by molar-refractivity contribution is -0.245. The number of benzene rings is 8. The first-order valence-corrected chi connectivity index (χ1v) is 41.8. The van der Waals surface area contributed by atoms with Crippen LogP contribution >= 0.6 is 11.6 Å². The number of carbonyl (C=O) groups is 4. The van der Waals surface area contributed by atoms with Gasteiger partial charge in [0.25, 0.3) is 60.7 Å². The van der Waals surface area contributed by atoms with Gasteiger partial charge in [0, 0.05) is 45.0 Å². The van der Waals surface area contributed by atoms with Gasteiger partial charge in [-0.15, -0.1) is 0 Å². The summed E-state index contributed by atoms with van der Waals surface area (Å²) in [6.45, 7) is -0.711. The van der Waals surface area contributed by atoms with Gasteiger partial charge in [-0.25, -0.2) is 0 Å². The fraction of sp³-hybridized carbons (Fsp3) is 0.121. The van der Waals surface area contributed by atoms with Gasteiger partial charge in [0.2, 0.25) is 35.0 Å². The van der Waals surface area contributed by atoms with Crippen LogP contribution in [0.25, 0.3) is 0 Å². The first-order valence-electron chi connectivity index (χ1n) is 31.9. The average molecular weight is 1720 g/mol. The van der Waals surface area contributed by atoms with Crippen LogP contribution in [0.15, 0.2) is 177 Å². The molecule has 13 rings (SSSR count). The maximum Gasteiger partial charge on any atom is 0.296 e.